The molecule has 0 unspecified atom stereocenters. The van der Waals surface area contributed by atoms with Gasteiger partial charge in [-0.15, -0.1) is 18.2 Å². The molecular formula is C11H20N2S. The third-order valence-corrected chi connectivity index (χ3v) is 3.45. The van der Waals surface area contributed by atoms with Gasteiger partial charge in [-0.25, -0.2) is 0 Å². The molecule has 0 amide bonds. The van der Waals surface area contributed by atoms with Gasteiger partial charge in [-0.05, 0) is 33.0 Å². The Hall–Kier alpha value is -0.170. The second-order valence-electron chi connectivity index (χ2n) is 3.79. The molecule has 3 heteroatoms. The van der Waals surface area contributed by atoms with Crippen LogP contribution in [-0.2, 0) is 0 Å². The molecule has 0 aromatic rings. The van der Waals surface area contributed by atoms with E-state index < -0.39 is 0 Å². The van der Waals surface area contributed by atoms with Gasteiger partial charge in [-0.1, -0.05) is 5.92 Å². The number of nitrogens with zero attached hydrogens (tertiary/aromatic N) is 1. The Bertz CT molecular complexity index is 180. The number of nitrogens with one attached hydrogen (secondary N) is 1. The molecule has 0 aromatic heterocycles. The summed E-state index contributed by atoms with van der Waals surface area (Å²) < 4.78 is 0. The molecule has 0 atom stereocenters. The lowest BCUT2D eigenvalue weighted by molar-refractivity contribution is 0.237. The Morgan fingerprint density at radius 1 is 1.50 bits per heavy atom. The smallest absolute Gasteiger partial charge is 0.0545 e. The van der Waals surface area contributed by atoms with E-state index in [-0.39, 0.29) is 0 Å². The average molecular weight is 212 g/mol. The van der Waals surface area contributed by atoms with Crippen molar-refractivity contribution in [1.82, 2.24) is 10.2 Å². The minimum atomic E-state index is 0.734. The highest BCUT2D eigenvalue weighted by molar-refractivity contribution is 7.99. The maximum absolute atomic E-state index is 5.17. The topological polar surface area (TPSA) is 15.3 Å². The molecule has 0 spiro atoms. The quantitative estimate of drug-likeness (QED) is 0.541. The highest BCUT2D eigenvalue weighted by Crippen LogP contribution is 2.08. The largest absolute Gasteiger partial charge is 0.313 e. The SMILES string of the molecule is C#CCSCCNC1CCN(C)CC1. The number of rotatable bonds is 5. The van der Waals surface area contributed by atoms with E-state index >= 15 is 0 Å². The fraction of sp³-hybridized carbons (Fsp3) is 0.818. The maximum Gasteiger partial charge on any atom is 0.0545 e. The molecule has 0 aromatic carbocycles. The molecule has 1 heterocycles. The summed E-state index contributed by atoms with van der Waals surface area (Å²) in [7, 11) is 2.19. The van der Waals surface area contributed by atoms with Crippen LogP contribution in [0.2, 0.25) is 0 Å². The van der Waals surface area contributed by atoms with Gasteiger partial charge in [-0.3, -0.25) is 0 Å². The predicted molar refractivity (Wildman–Crippen MR) is 64.7 cm³/mol. The van der Waals surface area contributed by atoms with Gasteiger partial charge in [0.2, 0.25) is 0 Å². The van der Waals surface area contributed by atoms with E-state index in [0.29, 0.717) is 0 Å². The summed E-state index contributed by atoms with van der Waals surface area (Å²) in [6.07, 6.45) is 7.75. The monoisotopic (exact) mass is 212 g/mol. The number of likely N-dealkylation sites (tertiary alicyclic amines) is 1. The maximum atomic E-state index is 5.17. The van der Waals surface area contributed by atoms with E-state index in [0.717, 1.165) is 24.1 Å². The number of piperidine rings is 1. The lowest BCUT2D eigenvalue weighted by Crippen LogP contribution is -2.41. The Balaban J connectivity index is 1.94. The van der Waals surface area contributed by atoms with Crippen LogP contribution in [0.4, 0.5) is 0 Å². The summed E-state index contributed by atoms with van der Waals surface area (Å²) in [5, 5.41) is 3.58. The Morgan fingerprint density at radius 2 is 2.21 bits per heavy atom. The van der Waals surface area contributed by atoms with Crippen LogP contribution in [0, 0.1) is 12.3 Å². The second kappa shape index (κ2) is 7.17. The van der Waals surface area contributed by atoms with Crippen LogP contribution < -0.4 is 5.32 Å². The van der Waals surface area contributed by atoms with E-state index in [9.17, 15) is 0 Å². The molecule has 1 N–H and O–H groups in total. The van der Waals surface area contributed by atoms with Crippen molar-refractivity contribution >= 4 is 11.8 Å². The molecule has 1 aliphatic rings. The number of terminal acetylenes is 1. The first kappa shape index (κ1) is 11.9. The summed E-state index contributed by atoms with van der Waals surface area (Å²) in [5.74, 6) is 4.62. The molecule has 2 nitrogen and oxygen atoms in total. The van der Waals surface area contributed by atoms with Crippen LogP contribution in [0.5, 0.6) is 0 Å². The van der Waals surface area contributed by atoms with Crippen molar-refractivity contribution < 1.29 is 0 Å². The van der Waals surface area contributed by atoms with E-state index in [1.807, 2.05) is 11.8 Å². The minimum absolute atomic E-state index is 0.734. The van der Waals surface area contributed by atoms with Crippen molar-refractivity contribution in [2.45, 2.75) is 18.9 Å². The summed E-state index contributed by atoms with van der Waals surface area (Å²) in [6.45, 7) is 3.56. The van der Waals surface area contributed by atoms with Gasteiger partial charge >= 0.3 is 0 Å². The standard InChI is InChI=1S/C11H20N2S/c1-3-9-14-10-6-12-11-4-7-13(2)8-5-11/h1,11-12H,4-10H2,2H3. The Morgan fingerprint density at radius 3 is 2.86 bits per heavy atom. The molecule has 1 rings (SSSR count). The first-order valence-corrected chi connectivity index (χ1v) is 6.41. The van der Waals surface area contributed by atoms with Gasteiger partial charge in [0.05, 0.1) is 5.75 Å². The van der Waals surface area contributed by atoms with Crippen molar-refractivity contribution in [2.75, 3.05) is 38.2 Å². The molecule has 1 aliphatic heterocycles. The van der Waals surface area contributed by atoms with Gasteiger partial charge in [0.15, 0.2) is 0 Å². The van der Waals surface area contributed by atoms with E-state index in [4.69, 9.17) is 6.42 Å². The number of hydrogen-bond donors (Lipinski definition) is 1. The van der Waals surface area contributed by atoms with Crippen LogP contribution in [0.3, 0.4) is 0 Å². The summed E-state index contributed by atoms with van der Waals surface area (Å²) in [6, 6.07) is 0.734. The number of hydrogen-bond acceptors (Lipinski definition) is 3. The number of thioether (sulfide) groups is 1. The molecule has 0 aliphatic carbocycles. The molecule has 0 saturated carbocycles. The van der Waals surface area contributed by atoms with Crippen LogP contribution in [0.15, 0.2) is 0 Å². The van der Waals surface area contributed by atoms with E-state index in [2.05, 4.69) is 23.2 Å². The van der Waals surface area contributed by atoms with Gasteiger partial charge in [-0.2, -0.15) is 0 Å². The lowest BCUT2D eigenvalue weighted by atomic mass is 10.1. The normalized spacial score (nSPS) is 19.4. The van der Waals surface area contributed by atoms with Crippen LogP contribution in [0.25, 0.3) is 0 Å². The van der Waals surface area contributed by atoms with E-state index in [1.165, 1.54) is 25.9 Å². The zero-order valence-electron chi connectivity index (χ0n) is 8.96. The third kappa shape index (κ3) is 4.90. The minimum Gasteiger partial charge on any atom is -0.313 e. The lowest BCUT2D eigenvalue weighted by Gasteiger charge is -2.29. The molecular weight excluding hydrogens is 192 g/mol. The van der Waals surface area contributed by atoms with Gasteiger partial charge < -0.3 is 10.2 Å². The van der Waals surface area contributed by atoms with Crippen LogP contribution >= 0.6 is 11.8 Å². The summed E-state index contributed by atoms with van der Waals surface area (Å²) in [4.78, 5) is 2.39. The van der Waals surface area contributed by atoms with Crippen LogP contribution in [0.1, 0.15) is 12.8 Å². The summed E-state index contributed by atoms with van der Waals surface area (Å²) >= 11 is 1.83. The van der Waals surface area contributed by atoms with Crippen molar-refractivity contribution in [3.05, 3.63) is 0 Å². The molecule has 14 heavy (non-hydrogen) atoms. The fourth-order valence-corrected chi connectivity index (χ4v) is 2.20. The molecule has 0 radical (unpaired) electrons. The average Bonchev–Trinajstić information content (AvgIpc) is 2.21. The molecule has 80 valence electrons. The zero-order chi connectivity index (χ0) is 10.2. The van der Waals surface area contributed by atoms with Crippen molar-refractivity contribution in [3.8, 4) is 12.3 Å². The highest BCUT2D eigenvalue weighted by atomic mass is 32.2. The van der Waals surface area contributed by atoms with Gasteiger partial charge in [0.1, 0.15) is 0 Å². The molecule has 1 fully saturated rings. The highest BCUT2D eigenvalue weighted by Gasteiger charge is 2.14. The van der Waals surface area contributed by atoms with Crippen molar-refractivity contribution in [1.29, 1.82) is 0 Å². The summed E-state index contributed by atoms with van der Waals surface area (Å²) in [5.41, 5.74) is 0. The molecule has 1 saturated heterocycles. The Labute approximate surface area is 91.8 Å². The van der Waals surface area contributed by atoms with Crippen LogP contribution in [-0.4, -0.2) is 49.1 Å². The third-order valence-electron chi connectivity index (χ3n) is 2.58. The van der Waals surface area contributed by atoms with Crippen molar-refractivity contribution in [2.24, 2.45) is 0 Å². The Kier molecular flexibility index (Phi) is 6.09. The van der Waals surface area contributed by atoms with Crippen molar-refractivity contribution in [3.63, 3.8) is 0 Å². The zero-order valence-corrected chi connectivity index (χ0v) is 9.78. The first-order valence-electron chi connectivity index (χ1n) is 5.26. The van der Waals surface area contributed by atoms with E-state index in [1.54, 1.807) is 0 Å². The second-order valence-corrected chi connectivity index (χ2v) is 4.89. The molecule has 0 bridgehead atoms. The first-order chi connectivity index (χ1) is 6.83. The van der Waals surface area contributed by atoms with Gasteiger partial charge in [0, 0.05) is 18.3 Å². The predicted octanol–water partition coefficient (Wildman–Crippen LogP) is 1.04. The fourth-order valence-electron chi connectivity index (χ4n) is 1.68. The van der Waals surface area contributed by atoms with Gasteiger partial charge in [0.25, 0.3) is 0 Å².